The number of carbonyl (C=O) groups is 2. The molecule has 0 radical (unpaired) electrons. The molecule has 1 aliphatic heterocycles. The van der Waals surface area contributed by atoms with Gasteiger partial charge in [0.1, 0.15) is 11.4 Å². The molecule has 1 fully saturated rings. The largest absolute Gasteiger partial charge is 0.496 e. The Kier molecular flexibility index (Phi) is 7.15. The van der Waals surface area contributed by atoms with E-state index in [9.17, 15) is 9.59 Å². The van der Waals surface area contributed by atoms with Crippen molar-refractivity contribution in [1.29, 1.82) is 0 Å². The summed E-state index contributed by atoms with van der Waals surface area (Å²) in [6.45, 7) is 5.22. The third-order valence-electron chi connectivity index (χ3n) is 6.15. The molecule has 2 N–H and O–H groups in total. The lowest BCUT2D eigenvalue weighted by atomic mass is 9.95. The fourth-order valence-corrected chi connectivity index (χ4v) is 4.41. The van der Waals surface area contributed by atoms with Crippen LogP contribution in [0, 0.1) is 12.8 Å². The van der Waals surface area contributed by atoms with Crippen molar-refractivity contribution < 1.29 is 14.3 Å². The summed E-state index contributed by atoms with van der Waals surface area (Å²) in [5.41, 5.74) is 3.35. The van der Waals surface area contributed by atoms with Crippen LogP contribution in [-0.2, 0) is 16.1 Å². The molecule has 2 heterocycles. The number of carbonyl (C=O) groups excluding carboxylic acids is 2. The number of hydrogen-bond acceptors (Lipinski definition) is 5. The second-order valence-electron chi connectivity index (χ2n) is 8.50. The van der Waals surface area contributed by atoms with Crippen molar-refractivity contribution in [2.45, 2.75) is 33.2 Å². The molecule has 34 heavy (non-hydrogen) atoms. The molecule has 0 unspecified atom stereocenters. The van der Waals surface area contributed by atoms with Crippen molar-refractivity contribution in [1.82, 2.24) is 15.1 Å². The quantitative estimate of drug-likeness (QED) is 0.560. The van der Waals surface area contributed by atoms with Gasteiger partial charge in [-0.25, -0.2) is 4.68 Å². The van der Waals surface area contributed by atoms with E-state index in [1.165, 1.54) is 6.92 Å². The second-order valence-corrected chi connectivity index (χ2v) is 8.50. The molecule has 1 aromatic heterocycles. The zero-order valence-electron chi connectivity index (χ0n) is 19.9. The van der Waals surface area contributed by atoms with Gasteiger partial charge in [-0.15, -0.1) is 0 Å². The second kappa shape index (κ2) is 10.4. The summed E-state index contributed by atoms with van der Waals surface area (Å²) in [5.74, 6) is 1.48. The Morgan fingerprint density at radius 3 is 2.41 bits per heavy atom. The van der Waals surface area contributed by atoms with Crippen molar-refractivity contribution in [3.8, 4) is 11.4 Å². The highest BCUT2D eigenvalue weighted by Gasteiger charge is 2.29. The van der Waals surface area contributed by atoms with Gasteiger partial charge in [0.25, 0.3) is 0 Å². The third kappa shape index (κ3) is 5.06. The van der Waals surface area contributed by atoms with Gasteiger partial charge in [-0.2, -0.15) is 5.10 Å². The lowest BCUT2D eigenvalue weighted by Gasteiger charge is -2.33. The van der Waals surface area contributed by atoms with E-state index in [0.29, 0.717) is 19.6 Å². The number of amides is 2. The predicted molar refractivity (Wildman–Crippen MR) is 132 cm³/mol. The Bertz CT molecular complexity index is 1150. The minimum Gasteiger partial charge on any atom is -0.496 e. The van der Waals surface area contributed by atoms with Crippen LogP contribution in [0.2, 0.25) is 0 Å². The van der Waals surface area contributed by atoms with Crippen molar-refractivity contribution in [3.63, 3.8) is 0 Å². The van der Waals surface area contributed by atoms with E-state index in [2.05, 4.69) is 15.5 Å². The average Bonchev–Trinajstić information content (AvgIpc) is 3.18. The third-order valence-corrected chi connectivity index (χ3v) is 6.15. The number of aromatic nitrogens is 2. The van der Waals surface area contributed by atoms with Gasteiger partial charge < -0.3 is 20.3 Å². The predicted octanol–water partition coefficient (Wildman–Crippen LogP) is 3.68. The minimum atomic E-state index is -0.137. The van der Waals surface area contributed by atoms with Gasteiger partial charge in [0.15, 0.2) is 5.82 Å². The van der Waals surface area contributed by atoms with Crippen LogP contribution in [0.1, 0.15) is 31.0 Å². The molecule has 8 heteroatoms. The van der Waals surface area contributed by atoms with Crippen molar-refractivity contribution in [2.24, 2.45) is 5.92 Å². The average molecular weight is 462 g/mol. The maximum Gasteiger partial charge on any atom is 0.223 e. The molecule has 1 aliphatic rings. The molecule has 8 nitrogen and oxygen atoms in total. The van der Waals surface area contributed by atoms with Crippen molar-refractivity contribution in [2.75, 3.05) is 30.4 Å². The van der Waals surface area contributed by atoms with Gasteiger partial charge in [-0.3, -0.25) is 9.59 Å². The Balaban J connectivity index is 1.47. The van der Waals surface area contributed by atoms with Crippen LogP contribution < -0.4 is 20.3 Å². The molecule has 0 bridgehead atoms. The van der Waals surface area contributed by atoms with Crippen LogP contribution in [0.15, 0.2) is 54.6 Å². The van der Waals surface area contributed by atoms with E-state index in [4.69, 9.17) is 9.84 Å². The Hall–Kier alpha value is -3.81. The fraction of sp³-hybridized carbons (Fsp3) is 0.346. The zero-order chi connectivity index (χ0) is 24.1. The molecule has 4 rings (SSSR count). The first-order valence-electron chi connectivity index (χ1n) is 11.5. The first-order valence-corrected chi connectivity index (χ1v) is 11.5. The monoisotopic (exact) mass is 461 g/mol. The van der Waals surface area contributed by atoms with E-state index >= 15 is 0 Å². The summed E-state index contributed by atoms with van der Waals surface area (Å²) in [4.78, 5) is 27.0. The van der Waals surface area contributed by atoms with Gasteiger partial charge in [0.05, 0.1) is 18.5 Å². The number of benzene rings is 2. The maximum absolute atomic E-state index is 12.9. The Labute approximate surface area is 199 Å². The van der Waals surface area contributed by atoms with E-state index in [-0.39, 0.29) is 17.7 Å². The van der Waals surface area contributed by atoms with Crippen LogP contribution in [0.5, 0.6) is 5.75 Å². The standard InChI is InChI=1S/C26H31N5O3/c1-18-24(28-19(2)32)26(31(29-18)22-10-5-4-6-11-22)30-15-13-20(14-16-30)25(33)27-17-21-9-7-8-12-23(21)34-3/h4-12,20H,13-17H2,1-3H3,(H,27,33)(H,28,32). The van der Waals surface area contributed by atoms with Crippen molar-refractivity contribution in [3.05, 3.63) is 65.9 Å². The maximum atomic E-state index is 12.9. The highest BCUT2D eigenvalue weighted by molar-refractivity contribution is 5.93. The smallest absolute Gasteiger partial charge is 0.223 e. The molecule has 3 aromatic rings. The highest BCUT2D eigenvalue weighted by atomic mass is 16.5. The van der Waals surface area contributed by atoms with Crippen LogP contribution in [0.3, 0.4) is 0 Å². The normalized spacial score (nSPS) is 14.0. The van der Waals surface area contributed by atoms with Crippen LogP contribution in [-0.4, -0.2) is 41.8 Å². The van der Waals surface area contributed by atoms with E-state index in [1.54, 1.807) is 7.11 Å². The number of nitrogens with one attached hydrogen (secondary N) is 2. The number of rotatable bonds is 7. The summed E-state index contributed by atoms with van der Waals surface area (Å²) < 4.78 is 7.26. The first-order chi connectivity index (χ1) is 16.5. The molecule has 0 aliphatic carbocycles. The number of ether oxygens (including phenoxy) is 1. The SMILES string of the molecule is COc1ccccc1CNC(=O)C1CCN(c2c(NC(C)=O)c(C)nn2-c2ccccc2)CC1. The van der Waals surface area contributed by atoms with E-state index in [0.717, 1.165) is 47.0 Å². The number of piperidine rings is 1. The van der Waals surface area contributed by atoms with Crippen LogP contribution >= 0.6 is 0 Å². The number of nitrogens with zero attached hydrogens (tertiary/aromatic N) is 3. The number of methoxy groups -OCH3 is 1. The molecule has 0 saturated carbocycles. The molecule has 178 valence electrons. The molecule has 0 spiro atoms. The molecule has 2 aromatic carbocycles. The fourth-order valence-electron chi connectivity index (χ4n) is 4.41. The van der Waals surface area contributed by atoms with E-state index < -0.39 is 0 Å². The molecule has 1 saturated heterocycles. The number of para-hydroxylation sites is 2. The lowest BCUT2D eigenvalue weighted by Crippen LogP contribution is -2.41. The van der Waals surface area contributed by atoms with E-state index in [1.807, 2.05) is 66.2 Å². The van der Waals surface area contributed by atoms with Crippen LogP contribution in [0.25, 0.3) is 5.69 Å². The number of aryl methyl sites for hydroxylation is 1. The van der Waals surface area contributed by atoms with Crippen molar-refractivity contribution >= 4 is 23.3 Å². The topological polar surface area (TPSA) is 88.5 Å². The summed E-state index contributed by atoms with van der Waals surface area (Å²) in [6, 6.07) is 17.6. The van der Waals surface area contributed by atoms with Gasteiger partial charge in [-0.1, -0.05) is 36.4 Å². The number of hydrogen-bond donors (Lipinski definition) is 2. The molecule has 2 amide bonds. The Morgan fingerprint density at radius 1 is 1.06 bits per heavy atom. The van der Waals surface area contributed by atoms with Gasteiger partial charge in [-0.05, 0) is 38.0 Å². The number of anilines is 2. The molecular formula is C26H31N5O3. The highest BCUT2D eigenvalue weighted by Crippen LogP contribution is 2.35. The summed E-state index contributed by atoms with van der Waals surface area (Å²) >= 11 is 0. The van der Waals surface area contributed by atoms with Crippen LogP contribution in [0.4, 0.5) is 11.5 Å². The van der Waals surface area contributed by atoms with Gasteiger partial charge in [0.2, 0.25) is 11.8 Å². The zero-order valence-corrected chi connectivity index (χ0v) is 19.9. The molecule has 0 atom stereocenters. The first kappa shape index (κ1) is 23.4. The Morgan fingerprint density at radius 2 is 1.74 bits per heavy atom. The minimum absolute atomic E-state index is 0.0559. The summed E-state index contributed by atoms with van der Waals surface area (Å²) in [7, 11) is 1.63. The van der Waals surface area contributed by atoms with Gasteiger partial charge >= 0.3 is 0 Å². The summed E-state index contributed by atoms with van der Waals surface area (Å²) in [5, 5.41) is 10.7. The summed E-state index contributed by atoms with van der Waals surface area (Å²) in [6.07, 6.45) is 1.44. The van der Waals surface area contributed by atoms with Gasteiger partial charge in [0, 0.05) is 38.0 Å². The lowest BCUT2D eigenvalue weighted by molar-refractivity contribution is -0.125. The molecular weight excluding hydrogens is 430 g/mol.